The first kappa shape index (κ1) is 18.2. The van der Waals surface area contributed by atoms with Crippen LogP contribution in [0.15, 0.2) is 29.2 Å². The largest absolute Gasteiger partial charge is 0.370 e. The van der Waals surface area contributed by atoms with Crippen molar-refractivity contribution in [3.63, 3.8) is 0 Å². The Morgan fingerprint density at radius 2 is 1.64 bits per heavy atom. The minimum Gasteiger partial charge on any atom is -0.370 e. The highest BCUT2D eigenvalue weighted by molar-refractivity contribution is 7.91. The van der Waals surface area contributed by atoms with Gasteiger partial charge >= 0.3 is 0 Å². The fourth-order valence-corrected chi connectivity index (χ4v) is 5.25. The number of nitrogens with two attached hydrogens (primary N) is 1. The van der Waals surface area contributed by atoms with E-state index >= 15 is 0 Å². The Morgan fingerprint density at radius 3 is 2.20 bits per heavy atom. The fourth-order valence-electron chi connectivity index (χ4n) is 3.82. The Kier molecular flexibility index (Phi) is 5.64. The molecular weight excluding hydrogens is 336 g/mol. The molecule has 1 heterocycles. The number of guanidine groups is 1. The summed E-state index contributed by atoms with van der Waals surface area (Å²) < 4.78 is 25.4. The van der Waals surface area contributed by atoms with Crippen molar-refractivity contribution in [2.75, 3.05) is 32.1 Å². The number of hydrogen-bond donors (Lipinski definition) is 2. The van der Waals surface area contributed by atoms with Crippen molar-refractivity contribution in [2.24, 2.45) is 5.73 Å². The van der Waals surface area contributed by atoms with Crippen LogP contribution in [0.3, 0.4) is 0 Å². The van der Waals surface area contributed by atoms with Crippen molar-refractivity contribution in [1.29, 1.82) is 5.41 Å². The first-order chi connectivity index (χ1) is 12.0. The molecule has 1 saturated heterocycles. The molecular formula is C18H28N4O2S. The summed E-state index contributed by atoms with van der Waals surface area (Å²) in [6.07, 6.45) is 6.30. The summed E-state index contributed by atoms with van der Waals surface area (Å²) in [6, 6.07) is 7.53. The van der Waals surface area contributed by atoms with Gasteiger partial charge in [0.05, 0.1) is 4.90 Å². The minimum absolute atomic E-state index is 0.0293. The van der Waals surface area contributed by atoms with Crippen molar-refractivity contribution in [2.45, 2.75) is 42.9 Å². The highest BCUT2D eigenvalue weighted by atomic mass is 32.2. The van der Waals surface area contributed by atoms with Gasteiger partial charge in [0.1, 0.15) is 5.88 Å². The molecule has 0 unspecified atom stereocenters. The lowest BCUT2D eigenvalue weighted by Crippen LogP contribution is -2.51. The molecule has 25 heavy (non-hydrogen) atoms. The second kappa shape index (κ2) is 7.74. The van der Waals surface area contributed by atoms with Gasteiger partial charge in [0, 0.05) is 26.2 Å². The van der Waals surface area contributed by atoms with E-state index in [1.165, 1.54) is 37.7 Å². The van der Waals surface area contributed by atoms with Gasteiger partial charge < -0.3 is 10.6 Å². The summed E-state index contributed by atoms with van der Waals surface area (Å²) in [4.78, 5) is 4.09. The van der Waals surface area contributed by atoms with E-state index < -0.39 is 9.84 Å². The number of benzene rings is 1. The van der Waals surface area contributed by atoms with Crippen LogP contribution in [0.4, 0.5) is 0 Å². The predicted octanol–water partition coefficient (Wildman–Crippen LogP) is 1.98. The molecule has 0 bridgehead atoms. The van der Waals surface area contributed by atoms with Gasteiger partial charge in [-0.1, -0.05) is 31.4 Å². The third kappa shape index (κ3) is 4.52. The summed E-state index contributed by atoms with van der Waals surface area (Å²) in [5.74, 6) is 0.674. The number of hydrogen-bond acceptors (Lipinski definition) is 4. The van der Waals surface area contributed by atoms with Crippen LogP contribution in [0.5, 0.6) is 0 Å². The zero-order chi connectivity index (χ0) is 17.9. The third-order valence-corrected chi connectivity index (χ3v) is 7.08. The number of rotatable bonds is 4. The Morgan fingerprint density at radius 1 is 1.04 bits per heavy atom. The number of piperazine rings is 1. The zero-order valence-electron chi connectivity index (χ0n) is 14.7. The van der Waals surface area contributed by atoms with E-state index in [4.69, 9.17) is 11.1 Å². The Labute approximate surface area is 150 Å². The molecule has 2 aliphatic rings. The summed E-state index contributed by atoms with van der Waals surface area (Å²) in [5.41, 5.74) is 6.75. The number of sulfone groups is 1. The van der Waals surface area contributed by atoms with E-state index in [1.54, 1.807) is 17.0 Å². The molecule has 1 saturated carbocycles. The van der Waals surface area contributed by atoms with Crippen LogP contribution < -0.4 is 5.73 Å². The lowest BCUT2D eigenvalue weighted by atomic mass is 9.84. The van der Waals surface area contributed by atoms with Crippen LogP contribution in [0.2, 0.25) is 0 Å². The van der Waals surface area contributed by atoms with E-state index in [2.05, 4.69) is 0 Å². The highest BCUT2D eigenvalue weighted by Crippen LogP contribution is 2.33. The van der Waals surface area contributed by atoms with Crippen LogP contribution in [-0.2, 0) is 9.84 Å². The summed E-state index contributed by atoms with van der Waals surface area (Å²) in [7, 11) is -3.32. The predicted molar refractivity (Wildman–Crippen MR) is 99.4 cm³/mol. The lowest BCUT2D eigenvalue weighted by molar-refractivity contribution is 0.203. The van der Waals surface area contributed by atoms with Crippen LogP contribution in [-0.4, -0.2) is 56.2 Å². The molecule has 2 fully saturated rings. The summed E-state index contributed by atoms with van der Waals surface area (Å²) in [6.45, 7) is 2.43. The Balaban J connectivity index is 1.61. The van der Waals surface area contributed by atoms with Gasteiger partial charge in [-0.25, -0.2) is 8.42 Å². The first-order valence-electron chi connectivity index (χ1n) is 9.10. The topological polar surface area (TPSA) is 90.5 Å². The van der Waals surface area contributed by atoms with Gasteiger partial charge in [0.25, 0.3) is 0 Å². The SMILES string of the molecule is N=C(N)N1CCN(CS(=O)(=O)c2ccc(C3CCCCC3)cc2)CC1. The van der Waals surface area contributed by atoms with Gasteiger partial charge in [0.2, 0.25) is 0 Å². The van der Waals surface area contributed by atoms with E-state index in [9.17, 15) is 8.42 Å². The molecule has 6 nitrogen and oxygen atoms in total. The van der Waals surface area contributed by atoms with Gasteiger partial charge in [-0.3, -0.25) is 10.3 Å². The van der Waals surface area contributed by atoms with Crippen LogP contribution >= 0.6 is 0 Å². The van der Waals surface area contributed by atoms with E-state index in [0.29, 0.717) is 37.0 Å². The third-order valence-electron chi connectivity index (χ3n) is 5.38. The molecule has 1 aromatic carbocycles. The maximum Gasteiger partial charge on any atom is 0.191 e. The van der Waals surface area contributed by atoms with Gasteiger partial charge in [-0.05, 0) is 36.5 Å². The maximum absolute atomic E-state index is 12.7. The molecule has 1 aromatic rings. The van der Waals surface area contributed by atoms with Gasteiger partial charge in [-0.2, -0.15) is 0 Å². The van der Waals surface area contributed by atoms with E-state index in [-0.39, 0.29) is 11.8 Å². The standard InChI is InChI=1S/C18H28N4O2S/c19-18(20)22-12-10-21(11-13-22)14-25(23,24)17-8-6-16(7-9-17)15-4-2-1-3-5-15/h6-9,15H,1-5,10-14H2,(H3,19,20). The molecule has 0 radical (unpaired) electrons. The smallest absolute Gasteiger partial charge is 0.191 e. The van der Waals surface area contributed by atoms with Crippen molar-refractivity contribution in [3.05, 3.63) is 29.8 Å². The Bertz CT molecular complexity index is 688. The van der Waals surface area contributed by atoms with E-state index in [0.717, 1.165) is 0 Å². The van der Waals surface area contributed by atoms with Gasteiger partial charge in [-0.15, -0.1) is 0 Å². The molecule has 0 atom stereocenters. The Hall–Kier alpha value is -1.60. The first-order valence-corrected chi connectivity index (χ1v) is 10.7. The normalized spacial score (nSPS) is 20.6. The molecule has 138 valence electrons. The summed E-state index contributed by atoms with van der Waals surface area (Å²) >= 11 is 0. The van der Waals surface area contributed by atoms with Crippen molar-refractivity contribution >= 4 is 15.8 Å². The molecule has 0 aromatic heterocycles. The molecule has 3 rings (SSSR count). The average Bonchev–Trinajstić information content (AvgIpc) is 2.63. The molecule has 3 N–H and O–H groups in total. The molecule has 7 heteroatoms. The second-order valence-corrected chi connectivity index (χ2v) is 9.10. The molecule has 1 aliphatic carbocycles. The van der Waals surface area contributed by atoms with Crippen LogP contribution in [0.25, 0.3) is 0 Å². The average molecular weight is 365 g/mol. The lowest BCUT2D eigenvalue weighted by Gasteiger charge is -2.34. The van der Waals surface area contributed by atoms with E-state index in [1.807, 2.05) is 17.0 Å². The zero-order valence-corrected chi connectivity index (χ0v) is 15.5. The van der Waals surface area contributed by atoms with Crippen molar-refractivity contribution < 1.29 is 8.42 Å². The van der Waals surface area contributed by atoms with Crippen molar-refractivity contribution in [1.82, 2.24) is 9.80 Å². The van der Waals surface area contributed by atoms with Crippen molar-refractivity contribution in [3.8, 4) is 0 Å². The quantitative estimate of drug-likeness (QED) is 0.630. The number of nitrogens with zero attached hydrogens (tertiary/aromatic N) is 2. The summed E-state index contributed by atoms with van der Waals surface area (Å²) in [5, 5.41) is 7.44. The molecule has 1 aliphatic heterocycles. The highest BCUT2D eigenvalue weighted by Gasteiger charge is 2.24. The maximum atomic E-state index is 12.7. The molecule has 0 amide bonds. The van der Waals surface area contributed by atoms with Crippen LogP contribution in [0.1, 0.15) is 43.6 Å². The monoisotopic (exact) mass is 364 g/mol. The van der Waals surface area contributed by atoms with Crippen LogP contribution in [0, 0.1) is 5.41 Å². The van der Waals surface area contributed by atoms with Gasteiger partial charge in [0.15, 0.2) is 15.8 Å². The molecule has 0 spiro atoms. The fraction of sp³-hybridized carbons (Fsp3) is 0.611. The second-order valence-electron chi connectivity index (χ2n) is 7.14. The number of nitrogens with one attached hydrogen (secondary N) is 1. The minimum atomic E-state index is -3.32.